The molecule has 130 valence electrons. The first-order valence-corrected chi connectivity index (χ1v) is 7.85. The summed E-state index contributed by atoms with van der Waals surface area (Å²) in [6, 6.07) is 3.16. The molecule has 10 heteroatoms. The second-order valence-corrected chi connectivity index (χ2v) is 6.09. The van der Waals surface area contributed by atoms with Gasteiger partial charge in [-0.1, -0.05) is 0 Å². The second-order valence-electron chi connectivity index (χ2n) is 5.08. The zero-order chi connectivity index (χ0) is 18.4. The van der Waals surface area contributed by atoms with Gasteiger partial charge in [-0.25, -0.2) is 0 Å². The summed E-state index contributed by atoms with van der Waals surface area (Å²) in [7, 11) is 0. The number of rotatable bonds is 8. The zero-order valence-corrected chi connectivity index (χ0v) is 13.8. The van der Waals surface area contributed by atoms with E-state index in [0.29, 0.717) is 0 Å². The molecule has 1 rings (SSSR count). The molecule has 1 aromatic rings. The number of thioether (sulfide) groups is 1. The first kappa shape index (κ1) is 19.4. The van der Waals surface area contributed by atoms with Gasteiger partial charge in [0.05, 0.1) is 21.5 Å². The van der Waals surface area contributed by atoms with E-state index in [1.807, 2.05) is 0 Å². The Bertz CT molecular complexity index is 678. The summed E-state index contributed by atoms with van der Waals surface area (Å²) in [6.07, 6.45) is 0. The fraction of sp³-hybridized carbons (Fsp3) is 0.357. The fourth-order valence-electron chi connectivity index (χ4n) is 1.71. The molecule has 0 radical (unpaired) electrons. The number of aliphatic carboxylic acids is 1. The largest absolute Gasteiger partial charge is 0.481 e. The Morgan fingerprint density at radius 2 is 2.00 bits per heavy atom. The summed E-state index contributed by atoms with van der Waals surface area (Å²) in [5, 5.41) is 22.5. The smallest absolute Gasteiger partial charge is 0.308 e. The lowest BCUT2D eigenvalue weighted by Gasteiger charge is -2.17. The summed E-state index contributed by atoms with van der Waals surface area (Å²) in [6.45, 7) is 3.03. The maximum absolute atomic E-state index is 11.8. The SMILES string of the molecule is CC(NC(=O)CSc1ccc(C(N)=O)cc1[N+](=O)[O-])C(C)C(=O)O. The highest BCUT2D eigenvalue weighted by molar-refractivity contribution is 8.00. The summed E-state index contributed by atoms with van der Waals surface area (Å²) in [5.41, 5.74) is 4.76. The highest BCUT2D eigenvalue weighted by atomic mass is 32.2. The van der Waals surface area contributed by atoms with Crippen LogP contribution in [0.5, 0.6) is 0 Å². The van der Waals surface area contributed by atoms with Crippen LogP contribution in [-0.4, -0.2) is 39.6 Å². The van der Waals surface area contributed by atoms with Crippen molar-refractivity contribution in [3.8, 4) is 0 Å². The molecule has 2 atom stereocenters. The van der Waals surface area contributed by atoms with Gasteiger partial charge in [0, 0.05) is 17.7 Å². The summed E-state index contributed by atoms with van der Waals surface area (Å²) < 4.78 is 0. The minimum absolute atomic E-state index is 0.000549. The number of hydrogen-bond acceptors (Lipinski definition) is 6. The molecule has 0 aliphatic heterocycles. The Hall–Kier alpha value is -2.62. The topological polar surface area (TPSA) is 153 Å². The number of carbonyl (C=O) groups excluding carboxylic acids is 2. The van der Waals surface area contributed by atoms with Gasteiger partial charge >= 0.3 is 5.97 Å². The van der Waals surface area contributed by atoms with Crippen molar-refractivity contribution in [1.82, 2.24) is 5.32 Å². The first-order valence-electron chi connectivity index (χ1n) is 6.86. The molecule has 0 fully saturated rings. The van der Waals surface area contributed by atoms with Gasteiger partial charge in [0.2, 0.25) is 11.8 Å². The Labute approximate surface area is 141 Å². The Morgan fingerprint density at radius 1 is 1.38 bits per heavy atom. The number of nitro benzene ring substituents is 1. The van der Waals surface area contributed by atoms with Gasteiger partial charge in [0.15, 0.2) is 0 Å². The molecule has 0 saturated carbocycles. The summed E-state index contributed by atoms with van der Waals surface area (Å²) >= 11 is 0.913. The molecule has 0 aliphatic carbocycles. The lowest BCUT2D eigenvalue weighted by Crippen LogP contribution is -2.40. The molecule has 2 amide bonds. The quantitative estimate of drug-likeness (QED) is 0.357. The van der Waals surface area contributed by atoms with Gasteiger partial charge in [-0.15, -0.1) is 11.8 Å². The Kier molecular flexibility index (Phi) is 6.71. The number of benzene rings is 1. The minimum atomic E-state index is -1.03. The predicted molar refractivity (Wildman–Crippen MR) is 86.7 cm³/mol. The van der Waals surface area contributed by atoms with Crippen LogP contribution in [0.4, 0.5) is 5.69 Å². The predicted octanol–water partition coefficient (Wildman–Crippen LogP) is 1.01. The monoisotopic (exact) mass is 355 g/mol. The first-order chi connectivity index (χ1) is 11.1. The van der Waals surface area contributed by atoms with E-state index in [9.17, 15) is 24.5 Å². The van der Waals surface area contributed by atoms with Crippen LogP contribution in [0.3, 0.4) is 0 Å². The molecule has 9 nitrogen and oxygen atoms in total. The number of carboxylic acid groups (broad SMARTS) is 1. The van der Waals surface area contributed by atoms with Gasteiger partial charge in [0.25, 0.3) is 5.69 Å². The third-order valence-electron chi connectivity index (χ3n) is 3.33. The highest BCUT2D eigenvalue weighted by Crippen LogP contribution is 2.30. The number of carbonyl (C=O) groups is 3. The number of nitrogens with zero attached hydrogens (tertiary/aromatic N) is 1. The summed E-state index contributed by atoms with van der Waals surface area (Å²) in [5.74, 6) is -3.16. The lowest BCUT2D eigenvalue weighted by atomic mass is 10.0. The average molecular weight is 355 g/mol. The van der Waals surface area contributed by atoms with E-state index in [1.165, 1.54) is 19.1 Å². The van der Waals surface area contributed by atoms with Crippen molar-refractivity contribution >= 4 is 35.2 Å². The van der Waals surface area contributed by atoms with Crippen LogP contribution in [0.1, 0.15) is 24.2 Å². The van der Waals surface area contributed by atoms with Crippen LogP contribution in [-0.2, 0) is 9.59 Å². The molecule has 0 saturated heterocycles. The number of nitrogens with two attached hydrogens (primary N) is 1. The Morgan fingerprint density at radius 3 is 2.50 bits per heavy atom. The van der Waals surface area contributed by atoms with E-state index in [-0.39, 0.29) is 21.9 Å². The van der Waals surface area contributed by atoms with E-state index >= 15 is 0 Å². The molecule has 2 unspecified atom stereocenters. The van der Waals surface area contributed by atoms with E-state index in [1.54, 1.807) is 6.92 Å². The molecular weight excluding hydrogens is 338 g/mol. The lowest BCUT2D eigenvalue weighted by molar-refractivity contribution is -0.387. The van der Waals surface area contributed by atoms with Gasteiger partial charge in [-0.2, -0.15) is 0 Å². The minimum Gasteiger partial charge on any atom is -0.481 e. The molecule has 0 aromatic heterocycles. The van der Waals surface area contributed by atoms with E-state index in [0.717, 1.165) is 17.8 Å². The number of hydrogen-bond donors (Lipinski definition) is 3. The van der Waals surface area contributed by atoms with Crippen molar-refractivity contribution in [3.05, 3.63) is 33.9 Å². The summed E-state index contributed by atoms with van der Waals surface area (Å²) in [4.78, 5) is 44.4. The van der Waals surface area contributed by atoms with Crippen molar-refractivity contribution in [1.29, 1.82) is 0 Å². The van der Waals surface area contributed by atoms with Gasteiger partial charge in [0.1, 0.15) is 0 Å². The molecule has 1 aromatic carbocycles. The van der Waals surface area contributed by atoms with E-state index in [4.69, 9.17) is 10.8 Å². The molecule has 4 N–H and O–H groups in total. The standard InChI is InChI=1S/C14H17N3O6S/c1-7(14(20)21)8(2)16-12(18)6-24-11-4-3-9(13(15)19)5-10(11)17(22)23/h3-5,7-8H,6H2,1-2H3,(H2,15,19)(H,16,18)(H,20,21). The number of amides is 2. The number of nitro groups is 1. The molecule has 0 spiro atoms. The third kappa shape index (κ3) is 5.23. The van der Waals surface area contributed by atoms with Crippen LogP contribution < -0.4 is 11.1 Å². The van der Waals surface area contributed by atoms with Gasteiger partial charge in [-0.05, 0) is 26.0 Å². The van der Waals surface area contributed by atoms with Crippen LogP contribution >= 0.6 is 11.8 Å². The second kappa shape index (κ2) is 8.29. The number of nitrogens with one attached hydrogen (secondary N) is 1. The number of primary amides is 1. The number of carboxylic acids is 1. The third-order valence-corrected chi connectivity index (χ3v) is 4.39. The maximum Gasteiger partial charge on any atom is 0.308 e. The normalized spacial score (nSPS) is 12.9. The van der Waals surface area contributed by atoms with Gasteiger partial charge in [-0.3, -0.25) is 24.5 Å². The van der Waals surface area contributed by atoms with Gasteiger partial charge < -0.3 is 16.2 Å². The van der Waals surface area contributed by atoms with E-state index < -0.39 is 34.7 Å². The Balaban J connectivity index is 2.76. The average Bonchev–Trinajstić information content (AvgIpc) is 2.51. The van der Waals surface area contributed by atoms with Crippen LogP contribution in [0.15, 0.2) is 23.1 Å². The van der Waals surface area contributed by atoms with Crippen molar-refractivity contribution in [3.63, 3.8) is 0 Å². The maximum atomic E-state index is 11.8. The molecule has 0 heterocycles. The van der Waals surface area contributed by atoms with Crippen LogP contribution in [0.2, 0.25) is 0 Å². The van der Waals surface area contributed by atoms with Crippen LogP contribution in [0, 0.1) is 16.0 Å². The molecule has 0 aliphatic rings. The van der Waals surface area contributed by atoms with Crippen molar-refractivity contribution in [2.45, 2.75) is 24.8 Å². The van der Waals surface area contributed by atoms with Crippen molar-refractivity contribution < 1.29 is 24.4 Å². The highest BCUT2D eigenvalue weighted by Gasteiger charge is 2.22. The zero-order valence-electron chi connectivity index (χ0n) is 13.0. The molecule has 24 heavy (non-hydrogen) atoms. The van der Waals surface area contributed by atoms with Crippen LogP contribution in [0.25, 0.3) is 0 Å². The molecule has 0 bridgehead atoms. The fourth-order valence-corrected chi connectivity index (χ4v) is 2.53. The molecular formula is C14H17N3O6S. The van der Waals surface area contributed by atoms with E-state index in [2.05, 4.69) is 5.32 Å². The van der Waals surface area contributed by atoms with Crippen molar-refractivity contribution in [2.24, 2.45) is 11.7 Å². The van der Waals surface area contributed by atoms with Crippen molar-refractivity contribution in [2.75, 3.05) is 5.75 Å².